The summed E-state index contributed by atoms with van der Waals surface area (Å²) in [5.41, 5.74) is -0.586. The number of hydrogen-bond donors (Lipinski definition) is 13. The molecule has 3 heterocycles. The lowest BCUT2D eigenvalue weighted by atomic mass is 9.73. The van der Waals surface area contributed by atoms with Crippen molar-refractivity contribution in [2.24, 2.45) is 0 Å². The summed E-state index contributed by atoms with van der Waals surface area (Å²) in [7, 11) is 0. The number of hydrogen-bond acceptors (Lipinski definition) is 16. The first-order chi connectivity index (χ1) is 29.1. The number of aliphatic hydroxyl groups is 4. The van der Waals surface area contributed by atoms with Gasteiger partial charge in [0, 0.05) is 46.5 Å². The third-order valence-corrected chi connectivity index (χ3v) is 11.6. The number of rotatable bonds is 5. The van der Waals surface area contributed by atoms with Crippen LogP contribution in [-0.4, -0.2) is 84.7 Å². The van der Waals surface area contributed by atoms with Gasteiger partial charge in [-0.05, 0) is 53.1 Å². The Hall–Kier alpha value is -7.24. The second-order valence-corrected chi connectivity index (χ2v) is 15.3. The first-order valence-corrected chi connectivity index (χ1v) is 18.9. The van der Waals surface area contributed by atoms with E-state index in [1.54, 1.807) is 0 Å². The Labute approximate surface area is 345 Å². The van der Waals surface area contributed by atoms with Gasteiger partial charge in [-0.1, -0.05) is 36.4 Å². The fraction of sp³-hybridized carbons (Fsp3) is 0.200. The summed E-state index contributed by atoms with van der Waals surface area (Å²) < 4.78 is 19.0. The van der Waals surface area contributed by atoms with E-state index >= 15 is 0 Å². The van der Waals surface area contributed by atoms with Crippen molar-refractivity contribution in [3.63, 3.8) is 0 Å². The number of phenolic OH excluding ortho intramolecular Hbond substituents is 9. The number of benzene rings is 6. The van der Waals surface area contributed by atoms with Gasteiger partial charge in [-0.2, -0.15) is 0 Å². The van der Waals surface area contributed by atoms with E-state index in [2.05, 4.69) is 0 Å². The van der Waals surface area contributed by atoms with Gasteiger partial charge >= 0.3 is 0 Å². The summed E-state index contributed by atoms with van der Waals surface area (Å²) in [5.74, 6) is -8.18. The molecule has 0 radical (unpaired) electrons. The van der Waals surface area contributed by atoms with Gasteiger partial charge in [0.25, 0.3) is 0 Å². The molecule has 6 aromatic carbocycles. The lowest BCUT2D eigenvalue weighted by Crippen LogP contribution is -2.39. The van der Waals surface area contributed by atoms with Gasteiger partial charge in [-0.3, -0.25) is 0 Å². The predicted molar refractivity (Wildman–Crippen MR) is 210 cm³/mol. The number of fused-ring (bicyclic) bond motifs is 3. The quantitative estimate of drug-likeness (QED) is 0.111. The summed E-state index contributed by atoms with van der Waals surface area (Å²) in [4.78, 5) is 0. The highest BCUT2D eigenvalue weighted by Gasteiger charge is 2.51. The van der Waals surface area contributed by atoms with Crippen LogP contribution in [0.2, 0.25) is 0 Å². The molecule has 0 saturated carbocycles. The van der Waals surface area contributed by atoms with E-state index < -0.39 is 94.8 Å². The molecule has 0 fully saturated rings. The molecule has 6 aromatic rings. The topological polar surface area (TPSA) is 291 Å². The minimum absolute atomic E-state index is 0.0927. The van der Waals surface area contributed by atoms with Crippen LogP contribution in [0.25, 0.3) is 0 Å². The molecule has 314 valence electrons. The monoisotopic (exact) mass is 834 g/mol. The molecule has 0 spiro atoms. The van der Waals surface area contributed by atoms with Crippen LogP contribution in [0.15, 0.2) is 97.1 Å². The molecule has 16 nitrogen and oxygen atoms in total. The van der Waals surface area contributed by atoms with Crippen LogP contribution in [0.3, 0.4) is 0 Å². The lowest BCUT2D eigenvalue weighted by molar-refractivity contribution is -0.0722. The SMILES string of the molecule is Oc1ccc(C2Oc3c(c(O)cc(O)c3C3c4c(O)cc(O)c(C5c6c(O)cc(O)cc6OC(c6ccc(O)cc6)C5O)c4OC(c4ccc(O)cc4)C3O)C(O)C2O)cc1. The highest BCUT2D eigenvalue weighted by molar-refractivity contribution is 5.70. The largest absolute Gasteiger partial charge is 0.508 e. The number of aliphatic hydroxyl groups excluding tert-OH is 4. The van der Waals surface area contributed by atoms with Gasteiger partial charge in [-0.15, -0.1) is 0 Å². The number of aromatic hydroxyl groups is 9. The molecule has 3 aliphatic heterocycles. The highest BCUT2D eigenvalue weighted by Crippen LogP contribution is 2.62. The van der Waals surface area contributed by atoms with Crippen LogP contribution in [0.4, 0.5) is 0 Å². The first kappa shape index (κ1) is 39.2. The molecule has 0 bridgehead atoms. The molecule has 3 aliphatic rings. The molecule has 9 rings (SSSR count). The fourth-order valence-electron chi connectivity index (χ4n) is 8.82. The Morgan fingerprint density at radius 2 is 0.672 bits per heavy atom. The average molecular weight is 835 g/mol. The molecular weight excluding hydrogens is 796 g/mol. The molecular formula is C45H38O16. The van der Waals surface area contributed by atoms with E-state index in [1.807, 2.05) is 0 Å². The highest BCUT2D eigenvalue weighted by atomic mass is 16.5. The van der Waals surface area contributed by atoms with E-state index in [4.69, 9.17) is 14.2 Å². The summed E-state index contributed by atoms with van der Waals surface area (Å²) in [6.45, 7) is 0. The van der Waals surface area contributed by atoms with Crippen molar-refractivity contribution < 1.29 is 80.6 Å². The second-order valence-electron chi connectivity index (χ2n) is 15.3. The molecule has 61 heavy (non-hydrogen) atoms. The summed E-state index contributed by atoms with van der Waals surface area (Å²) in [6, 6.07) is 20.5. The maximum Gasteiger partial charge on any atom is 0.152 e. The Morgan fingerprint density at radius 1 is 0.328 bits per heavy atom. The first-order valence-electron chi connectivity index (χ1n) is 18.9. The van der Waals surface area contributed by atoms with Crippen molar-refractivity contribution >= 4 is 0 Å². The van der Waals surface area contributed by atoms with Crippen LogP contribution in [0, 0.1) is 0 Å². The molecule has 16 heteroatoms. The van der Waals surface area contributed by atoms with E-state index in [0.29, 0.717) is 5.56 Å². The van der Waals surface area contributed by atoms with Gasteiger partial charge in [-0.25, -0.2) is 0 Å². The average Bonchev–Trinajstić information content (AvgIpc) is 3.21. The Balaban J connectivity index is 1.31. The predicted octanol–water partition coefficient (Wildman–Crippen LogP) is 4.82. The van der Waals surface area contributed by atoms with E-state index in [1.165, 1.54) is 78.9 Å². The summed E-state index contributed by atoms with van der Waals surface area (Å²) in [6.07, 6.45) is -11.2. The smallest absolute Gasteiger partial charge is 0.152 e. The standard InChI is InChI=1S/C45H38O16/c46-20-7-1-17(2-8-20)41-38(56)35(30-24(50)13-23(49)14-29(30)59-41)31-25(51)15-26(52)32-36(39(57)42(60-44(31)32)18-3-9-21(47)10-4-18)33-27(53)16-28(54)34-37(55)40(58)43(61-45(33)34)19-5-11-22(48)12-6-19/h1-16,35-43,46-58H. The summed E-state index contributed by atoms with van der Waals surface area (Å²) in [5, 5.41) is 146. The lowest BCUT2D eigenvalue weighted by Gasteiger charge is -2.43. The zero-order chi connectivity index (χ0) is 43.2. The normalized spacial score (nSPS) is 25.2. The van der Waals surface area contributed by atoms with Crippen LogP contribution in [-0.2, 0) is 0 Å². The minimum atomic E-state index is -1.86. The van der Waals surface area contributed by atoms with E-state index in [0.717, 1.165) is 18.2 Å². The van der Waals surface area contributed by atoms with E-state index in [-0.39, 0.29) is 67.7 Å². The third-order valence-electron chi connectivity index (χ3n) is 11.6. The van der Waals surface area contributed by atoms with Crippen molar-refractivity contribution in [3.05, 3.63) is 142 Å². The maximum absolute atomic E-state index is 12.5. The zero-order valence-electron chi connectivity index (χ0n) is 31.5. The van der Waals surface area contributed by atoms with Crippen molar-refractivity contribution in [2.45, 2.75) is 54.6 Å². The Kier molecular flexibility index (Phi) is 9.32. The molecule has 9 atom stereocenters. The van der Waals surface area contributed by atoms with Gasteiger partial charge in [0.15, 0.2) is 18.3 Å². The van der Waals surface area contributed by atoms with Gasteiger partial charge in [0.2, 0.25) is 0 Å². The Morgan fingerprint density at radius 3 is 1.11 bits per heavy atom. The van der Waals surface area contributed by atoms with Crippen molar-refractivity contribution in [1.29, 1.82) is 0 Å². The summed E-state index contributed by atoms with van der Waals surface area (Å²) >= 11 is 0. The maximum atomic E-state index is 12.5. The van der Waals surface area contributed by atoms with Crippen LogP contribution in [0.1, 0.15) is 80.8 Å². The third kappa shape index (κ3) is 6.31. The van der Waals surface area contributed by atoms with Crippen molar-refractivity contribution in [1.82, 2.24) is 0 Å². The van der Waals surface area contributed by atoms with Crippen LogP contribution >= 0.6 is 0 Å². The molecule has 13 N–H and O–H groups in total. The van der Waals surface area contributed by atoms with Gasteiger partial charge in [0.1, 0.15) is 93.4 Å². The Bertz CT molecular complexity index is 2670. The van der Waals surface area contributed by atoms with Crippen molar-refractivity contribution in [3.8, 4) is 69.0 Å². The molecule has 0 amide bonds. The van der Waals surface area contributed by atoms with E-state index in [9.17, 15) is 66.4 Å². The second kappa shape index (κ2) is 14.5. The fourth-order valence-corrected chi connectivity index (χ4v) is 8.82. The molecule has 9 unspecified atom stereocenters. The van der Waals surface area contributed by atoms with Crippen LogP contribution < -0.4 is 14.2 Å². The zero-order valence-corrected chi connectivity index (χ0v) is 31.5. The molecule has 0 saturated heterocycles. The van der Waals surface area contributed by atoms with Crippen molar-refractivity contribution in [2.75, 3.05) is 0 Å². The van der Waals surface area contributed by atoms with Gasteiger partial charge in [0.05, 0.1) is 17.4 Å². The van der Waals surface area contributed by atoms with Gasteiger partial charge < -0.3 is 80.6 Å². The molecule has 0 aliphatic carbocycles. The van der Waals surface area contributed by atoms with Crippen LogP contribution in [0.5, 0.6) is 69.0 Å². The number of ether oxygens (including phenoxy) is 3. The minimum Gasteiger partial charge on any atom is -0.508 e. The molecule has 0 aromatic heterocycles. The number of phenols is 9.